The lowest BCUT2D eigenvalue weighted by Crippen LogP contribution is -2.30. The zero-order chi connectivity index (χ0) is 10.3. The van der Waals surface area contributed by atoms with Crippen LogP contribution in [0.3, 0.4) is 0 Å². The molecule has 0 spiro atoms. The highest BCUT2D eigenvalue weighted by atomic mass is 16.4. The summed E-state index contributed by atoms with van der Waals surface area (Å²) in [5.41, 5.74) is -1.38. The Kier molecular flexibility index (Phi) is 5.09. The van der Waals surface area contributed by atoms with Gasteiger partial charge in [0.1, 0.15) is 0 Å². The van der Waals surface area contributed by atoms with Crippen LogP contribution in [-0.4, -0.2) is 22.8 Å². The molecule has 0 fully saturated rings. The monoisotopic (exact) mass is 185 g/mol. The first kappa shape index (κ1) is 11.9. The fraction of sp³-hybridized carbons (Fsp3) is 0.778. The third-order valence-corrected chi connectivity index (χ3v) is 2.12. The molecule has 0 heterocycles. The Bertz CT molecular complexity index is 209. The van der Waals surface area contributed by atoms with Crippen molar-refractivity contribution in [1.82, 2.24) is 0 Å². The van der Waals surface area contributed by atoms with Gasteiger partial charge in [-0.1, -0.05) is 19.8 Å². The molecule has 0 aromatic heterocycles. The van der Waals surface area contributed by atoms with E-state index in [0.717, 1.165) is 6.42 Å². The number of carboxylic acids is 1. The second kappa shape index (κ2) is 5.55. The van der Waals surface area contributed by atoms with Crippen molar-refractivity contribution in [1.29, 1.82) is 5.26 Å². The maximum atomic E-state index is 10.8. The highest BCUT2D eigenvalue weighted by Gasteiger charge is 2.37. The van der Waals surface area contributed by atoms with Crippen molar-refractivity contribution in [2.24, 2.45) is 5.41 Å². The van der Waals surface area contributed by atoms with Crippen molar-refractivity contribution in [2.75, 3.05) is 6.61 Å². The van der Waals surface area contributed by atoms with Crippen molar-refractivity contribution >= 4 is 5.97 Å². The van der Waals surface area contributed by atoms with Crippen LogP contribution < -0.4 is 0 Å². The first-order chi connectivity index (χ1) is 6.13. The minimum absolute atomic E-state index is 0.0127. The summed E-state index contributed by atoms with van der Waals surface area (Å²) in [5, 5.41) is 26.3. The van der Waals surface area contributed by atoms with Gasteiger partial charge in [-0.2, -0.15) is 5.26 Å². The predicted molar refractivity (Wildman–Crippen MR) is 46.9 cm³/mol. The summed E-state index contributed by atoms with van der Waals surface area (Å²) in [6.07, 6.45) is 1.87. The van der Waals surface area contributed by atoms with Gasteiger partial charge in [0, 0.05) is 6.61 Å². The van der Waals surface area contributed by atoms with E-state index in [1.54, 1.807) is 6.07 Å². The summed E-state index contributed by atoms with van der Waals surface area (Å²) < 4.78 is 0. The second-order valence-corrected chi connectivity index (χ2v) is 3.08. The lowest BCUT2D eigenvalue weighted by atomic mass is 9.81. The number of aliphatic hydroxyl groups is 1. The molecule has 0 aromatic rings. The molecule has 0 amide bonds. The van der Waals surface area contributed by atoms with Crippen molar-refractivity contribution in [2.45, 2.75) is 32.6 Å². The molecule has 0 saturated heterocycles. The number of rotatable bonds is 6. The first-order valence-electron chi connectivity index (χ1n) is 4.38. The Morgan fingerprint density at radius 2 is 2.15 bits per heavy atom. The second-order valence-electron chi connectivity index (χ2n) is 3.08. The third kappa shape index (κ3) is 3.03. The van der Waals surface area contributed by atoms with Gasteiger partial charge in [-0.25, -0.2) is 0 Å². The molecule has 0 radical (unpaired) electrons. The van der Waals surface area contributed by atoms with Gasteiger partial charge in [-0.05, 0) is 12.8 Å². The molecule has 0 aliphatic carbocycles. The van der Waals surface area contributed by atoms with Crippen LogP contribution in [0.5, 0.6) is 0 Å². The quantitative estimate of drug-likeness (QED) is 0.650. The molecule has 0 aliphatic rings. The largest absolute Gasteiger partial charge is 0.480 e. The van der Waals surface area contributed by atoms with E-state index in [0.29, 0.717) is 12.8 Å². The molecule has 4 heteroatoms. The van der Waals surface area contributed by atoms with E-state index in [2.05, 4.69) is 0 Å². The van der Waals surface area contributed by atoms with Gasteiger partial charge in [-0.15, -0.1) is 0 Å². The van der Waals surface area contributed by atoms with E-state index < -0.39 is 11.4 Å². The van der Waals surface area contributed by atoms with Crippen LogP contribution in [0.25, 0.3) is 0 Å². The van der Waals surface area contributed by atoms with E-state index in [1.165, 1.54) is 0 Å². The number of hydrogen-bond acceptors (Lipinski definition) is 3. The summed E-state index contributed by atoms with van der Waals surface area (Å²) in [4.78, 5) is 10.8. The van der Waals surface area contributed by atoms with Gasteiger partial charge < -0.3 is 10.2 Å². The molecule has 0 rings (SSSR count). The Balaban J connectivity index is 4.47. The van der Waals surface area contributed by atoms with Crippen LogP contribution >= 0.6 is 0 Å². The number of unbranched alkanes of at least 4 members (excludes halogenated alkanes) is 1. The van der Waals surface area contributed by atoms with Crippen LogP contribution in [0.2, 0.25) is 0 Å². The first-order valence-corrected chi connectivity index (χ1v) is 4.38. The highest BCUT2D eigenvalue weighted by Crippen LogP contribution is 2.28. The average molecular weight is 185 g/mol. The zero-order valence-electron chi connectivity index (χ0n) is 7.79. The van der Waals surface area contributed by atoms with Gasteiger partial charge in [-0.3, -0.25) is 4.79 Å². The minimum Gasteiger partial charge on any atom is -0.480 e. The molecule has 74 valence electrons. The number of aliphatic carboxylic acids is 1. The van der Waals surface area contributed by atoms with Crippen molar-refractivity contribution in [3.05, 3.63) is 0 Å². The van der Waals surface area contributed by atoms with Crippen LogP contribution in [0.1, 0.15) is 32.6 Å². The van der Waals surface area contributed by atoms with Gasteiger partial charge in [0.15, 0.2) is 5.41 Å². The van der Waals surface area contributed by atoms with E-state index in [9.17, 15) is 4.79 Å². The van der Waals surface area contributed by atoms with Gasteiger partial charge in [0.25, 0.3) is 0 Å². The maximum absolute atomic E-state index is 10.8. The summed E-state index contributed by atoms with van der Waals surface area (Å²) in [6.45, 7) is 1.67. The van der Waals surface area contributed by atoms with E-state index >= 15 is 0 Å². The maximum Gasteiger partial charge on any atom is 0.324 e. The molecular weight excluding hydrogens is 170 g/mol. The Labute approximate surface area is 77.8 Å². The number of carbonyl (C=O) groups is 1. The van der Waals surface area contributed by atoms with Crippen LogP contribution in [0.4, 0.5) is 0 Å². The predicted octanol–water partition coefficient (Wildman–Crippen LogP) is 1.15. The Hall–Kier alpha value is -1.08. The SMILES string of the molecule is CCCC[C@@](C#N)(CCO)C(=O)O. The molecule has 13 heavy (non-hydrogen) atoms. The third-order valence-electron chi connectivity index (χ3n) is 2.12. The lowest BCUT2D eigenvalue weighted by molar-refractivity contribution is -0.146. The summed E-state index contributed by atoms with van der Waals surface area (Å²) in [6, 6.07) is 1.79. The zero-order valence-corrected chi connectivity index (χ0v) is 7.79. The summed E-state index contributed by atoms with van der Waals surface area (Å²) in [5.74, 6) is -1.13. The molecule has 1 atom stereocenters. The molecule has 0 aromatic carbocycles. The standard InChI is InChI=1S/C9H15NO3/c1-2-3-4-9(7-10,5-6-11)8(12)13/h11H,2-6H2,1H3,(H,12,13)/t9-/m0/s1. The fourth-order valence-electron chi connectivity index (χ4n) is 1.17. The number of aliphatic hydroxyl groups excluding tert-OH is 1. The van der Waals surface area contributed by atoms with Gasteiger partial charge >= 0.3 is 5.97 Å². The van der Waals surface area contributed by atoms with Crippen molar-refractivity contribution < 1.29 is 15.0 Å². The van der Waals surface area contributed by atoms with E-state index in [1.807, 2.05) is 6.92 Å². The summed E-state index contributed by atoms with van der Waals surface area (Å²) in [7, 11) is 0. The van der Waals surface area contributed by atoms with E-state index in [-0.39, 0.29) is 13.0 Å². The molecule has 0 bridgehead atoms. The molecule has 4 nitrogen and oxygen atoms in total. The van der Waals surface area contributed by atoms with E-state index in [4.69, 9.17) is 15.5 Å². The average Bonchev–Trinajstić information content (AvgIpc) is 2.12. The van der Waals surface area contributed by atoms with Gasteiger partial charge in [0.05, 0.1) is 6.07 Å². The number of nitriles is 1. The lowest BCUT2D eigenvalue weighted by Gasteiger charge is -2.19. The van der Waals surface area contributed by atoms with Crippen molar-refractivity contribution in [3.8, 4) is 6.07 Å². The molecule has 0 aliphatic heterocycles. The molecule has 0 saturated carbocycles. The minimum atomic E-state index is -1.38. The molecular formula is C9H15NO3. The smallest absolute Gasteiger partial charge is 0.324 e. The summed E-state index contributed by atoms with van der Waals surface area (Å²) >= 11 is 0. The van der Waals surface area contributed by atoms with Crippen LogP contribution in [-0.2, 0) is 4.79 Å². The molecule has 2 N–H and O–H groups in total. The fourth-order valence-corrected chi connectivity index (χ4v) is 1.17. The molecule has 0 unspecified atom stereocenters. The Morgan fingerprint density at radius 1 is 1.54 bits per heavy atom. The number of hydrogen-bond donors (Lipinski definition) is 2. The van der Waals surface area contributed by atoms with Crippen LogP contribution in [0, 0.1) is 16.7 Å². The topological polar surface area (TPSA) is 81.3 Å². The number of nitrogens with zero attached hydrogens (tertiary/aromatic N) is 1. The number of carboxylic acid groups (broad SMARTS) is 1. The van der Waals surface area contributed by atoms with Gasteiger partial charge in [0.2, 0.25) is 0 Å². The highest BCUT2D eigenvalue weighted by molar-refractivity contribution is 5.77. The normalized spacial score (nSPS) is 14.5. The van der Waals surface area contributed by atoms with Crippen molar-refractivity contribution in [3.63, 3.8) is 0 Å². The van der Waals surface area contributed by atoms with Crippen LogP contribution in [0.15, 0.2) is 0 Å². The Morgan fingerprint density at radius 3 is 2.46 bits per heavy atom.